The van der Waals surface area contributed by atoms with E-state index in [2.05, 4.69) is 42.2 Å². The van der Waals surface area contributed by atoms with E-state index >= 15 is 0 Å². The summed E-state index contributed by atoms with van der Waals surface area (Å²) in [5, 5.41) is 0. The van der Waals surface area contributed by atoms with Gasteiger partial charge in [-0.15, -0.1) is 12.4 Å². The number of carbonyl (C=O) groups excluding carboxylic acids is 1. The quantitative estimate of drug-likeness (QED) is 0.684. The normalized spacial score (nSPS) is 14.9. The Kier molecular flexibility index (Phi) is 8.81. The second-order valence-electron chi connectivity index (χ2n) is 7.28. The molecule has 0 radical (unpaired) electrons. The molecule has 152 valence electrons. The number of rotatable bonds is 7. The van der Waals surface area contributed by atoms with Crippen LogP contribution in [0, 0.1) is 5.92 Å². The Bertz CT molecular complexity index is 713. The predicted molar refractivity (Wildman–Crippen MR) is 116 cm³/mol. The number of hydrogen-bond acceptors (Lipinski definition) is 3. The van der Waals surface area contributed by atoms with Crippen molar-refractivity contribution in [1.29, 1.82) is 0 Å². The van der Waals surface area contributed by atoms with Gasteiger partial charge in [0, 0.05) is 25.2 Å². The molecule has 0 atom stereocenters. The highest BCUT2D eigenvalue weighted by atomic mass is 35.5. The monoisotopic (exact) mass is 402 g/mol. The summed E-state index contributed by atoms with van der Waals surface area (Å²) in [6, 6.07) is 18.1. The Morgan fingerprint density at radius 2 is 1.71 bits per heavy atom. The molecule has 4 nitrogen and oxygen atoms in total. The maximum absolute atomic E-state index is 12.8. The average molecular weight is 403 g/mol. The number of carbonyl (C=O) groups is 1. The van der Waals surface area contributed by atoms with Crippen LogP contribution in [0.15, 0.2) is 54.6 Å². The van der Waals surface area contributed by atoms with Crippen LogP contribution < -0.4 is 4.74 Å². The summed E-state index contributed by atoms with van der Waals surface area (Å²) in [6.07, 6.45) is 2.30. The minimum absolute atomic E-state index is 0. The molecule has 0 unspecified atom stereocenters. The first-order valence-electron chi connectivity index (χ1n) is 9.89. The fraction of sp³-hybridized carbons (Fsp3) is 0.435. The zero-order valence-corrected chi connectivity index (χ0v) is 17.7. The molecule has 1 aliphatic rings. The first-order chi connectivity index (χ1) is 13.2. The molecular weight excluding hydrogens is 372 g/mol. The van der Waals surface area contributed by atoms with Crippen LogP contribution >= 0.6 is 12.4 Å². The molecule has 1 aliphatic heterocycles. The van der Waals surface area contributed by atoms with Crippen LogP contribution in [0.4, 0.5) is 0 Å². The summed E-state index contributed by atoms with van der Waals surface area (Å²) in [4.78, 5) is 17.3. The molecule has 1 heterocycles. The molecule has 3 rings (SSSR count). The maximum atomic E-state index is 12.8. The molecule has 28 heavy (non-hydrogen) atoms. The largest absolute Gasteiger partial charge is 0.497 e. The molecule has 0 saturated carbocycles. The van der Waals surface area contributed by atoms with Crippen LogP contribution in [0.1, 0.15) is 35.7 Å². The Balaban J connectivity index is 0.00000280. The number of hydrogen-bond donors (Lipinski definition) is 0. The van der Waals surface area contributed by atoms with E-state index < -0.39 is 0 Å². The zero-order valence-electron chi connectivity index (χ0n) is 16.8. The number of ether oxygens (including phenoxy) is 1. The van der Waals surface area contributed by atoms with Crippen LogP contribution in [0.25, 0.3) is 0 Å². The number of nitrogens with zero attached hydrogens (tertiary/aromatic N) is 2. The van der Waals surface area contributed by atoms with Gasteiger partial charge in [-0.25, -0.2) is 0 Å². The van der Waals surface area contributed by atoms with Crippen LogP contribution in [0.5, 0.6) is 5.75 Å². The smallest absolute Gasteiger partial charge is 0.253 e. The molecule has 1 amide bonds. The highest BCUT2D eigenvalue weighted by molar-refractivity contribution is 5.94. The van der Waals surface area contributed by atoms with Crippen molar-refractivity contribution in [3.8, 4) is 5.75 Å². The number of piperidine rings is 1. The fourth-order valence-corrected chi connectivity index (χ4v) is 3.75. The topological polar surface area (TPSA) is 32.8 Å². The molecule has 2 aromatic rings. The summed E-state index contributed by atoms with van der Waals surface area (Å²) in [7, 11) is 1.64. The number of halogens is 1. The van der Waals surface area contributed by atoms with Gasteiger partial charge in [0.1, 0.15) is 5.75 Å². The van der Waals surface area contributed by atoms with E-state index in [1.54, 1.807) is 7.11 Å². The van der Waals surface area contributed by atoms with E-state index in [4.69, 9.17) is 4.74 Å². The summed E-state index contributed by atoms with van der Waals surface area (Å²) in [5.74, 6) is 1.48. The maximum Gasteiger partial charge on any atom is 0.253 e. The molecule has 0 spiro atoms. The number of methoxy groups -OCH3 is 1. The van der Waals surface area contributed by atoms with Gasteiger partial charge in [0.05, 0.1) is 7.11 Å². The molecule has 0 N–H and O–H groups in total. The van der Waals surface area contributed by atoms with Crippen LogP contribution in [-0.4, -0.2) is 49.0 Å². The van der Waals surface area contributed by atoms with E-state index in [0.717, 1.165) is 56.9 Å². The third-order valence-electron chi connectivity index (χ3n) is 5.44. The van der Waals surface area contributed by atoms with E-state index in [1.165, 1.54) is 5.56 Å². The third-order valence-corrected chi connectivity index (χ3v) is 5.44. The Labute approximate surface area is 174 Å². The first-order valence-corrected chi connectivity index (χ1v) is 9.89. The SMILES string of the molecule is CCN(CC1CCN(Cc2ccccc2)CC1)C(=O)c1ccc(OC)cc1.Cl. The number of amides is 1. The summed E-state index contributed by atoms with van der Waals surface area (Å²) in [6.45, 7) is 6.89. The molecule has 0 aromatic heterocycles. The standard InChI is InChI=1S/C23H30N2O2.ClH/c1-3-25(23(26)21-9-11-22(27-2)12-10-21)18-20-13-15-24(16-14-20)17-19-7-5-4-6-8-19;/h4-12,20H,3,13-18H2,1-2H3;1H. The van der Waals surface area contributed by atoms with Crippen LogP contribution in [0.3, 0.4) is 0 Å². The van der Waals surface area contributed by atoms with Crippen molar-refractivity contribution < 1.29 is 9.53 Å². The van der Waals surface area contributed by atoms with Gasteiger partial charge < -0.3 is 9.64 Å². The lowest BCUT2D eigenvalue weighted by Gasteiger charge is -2.34. The first kappa shape index (κ1) is 22.3. The van der Waals surface area contributed by atoms with E-state index in [1.807, 2.05) is 29.2 Å². The lowest BCUT2D eigenvalue weighted by molar-refractivity contribution is 0.0698. The van der Waals surface area contributed by atoms with E-state index in [-0.39, 0.29) is 18.3 Å². The van der Waals surface area contributed by atoms with Gasteiger partial charge in [0.15, 0.2) is 0 Å². The van der Waals surface area contributed by atoms with Crippen molar-refractivity contribution in [2.24, 2.45) is 5.92 Å². The van der Waals surface area contributed by atoms with Crippen molar-refractivity contribution in [1.82, 2.24) is 9.80 Å². The minimum atomic E-state index is 0. The zero-order chi connectivity index (χ0) is 19.1. The molecular formula is C23H31ClN2O2. The molecule has 0 bridgehead atoms. The average Bonchev–Trinajstić information content (AvgIpc) is 2.73. The number of benzene rings is 2. The molecule has 2 aromatic carbocycles. The Hall–Kier alpha value is -2.04. The van der Waals surface area contributed by atoms with Crippen molar-refractivity contribution in [2.45, 2.75) is 26.3 Å². The van der Waals surface area contributed by atoms with Gasteiger partial charge in [-0.1, -0.05) is 30.3 Å². The van der Waals surface area contributed by atoms with Crippen molar-refractivity contribution in [3.05, 3.63) is 65.7 Å². The van der Waals surface area contributed by atoms with Gasteiger partial charge in [-0.3, -0.25) is 9.69 Å². The molecule has 0 aliphatic carbocycles. The summed E-state index contributed by atoms with van der Waals surface area (Å²) < 4.78 is 5.18. The lowest BCUT2D eigenvalue weighted by atomic mass is 9.95. The number of likely N-dealkylation sites (tertiary alicyclic amines) is 1. The second kappa shape index (κ2) is 11.1. The third kappa shape index (κ3) is 5.98. The molecule has 1 fully saturated rings. The van der Waals surface area contributed by atoms with E-state index in [0.29, 0.717) is 5.92 Å². The summed E-state index contributed by atoms with van der Waals surface area (Å²) >= 11 is 0. The van der Waals surface area contributed by atoms with E-state index in [9.17, 15) is 4.79 Å². The predicted octanol–water partition coefficient (Wildman–Crippen LogP) is 4.49. The second-order valence-corrected chi connectivity index (χ2v) is 7.28. The van der Waals surface area contributed by atoms with Crippen molar-refractivity contribution in [2.75, 3.05) is 33.3 Å². The summed E-state index contributed by atoms with van der Waals surface area (Å²) in [5.41, 5.74) is 2.11. The van der Waals surface area contributed by atoms with Crippen LogP contribution in [0.2, 0.25) is 0 Å². The van der Waals surface area contributed by atoms with Gasteiger partial charge >= 0.3 is 0 Å². The van der Waals surface area contributed by atoms with Gasteiger partial charge in [0.2, 0.25) is 0 Å². The fourth-order valence-electron chi connectivity index (χ4n) is 3.75. The van der Waals surface area contributed by atoms with Gasteiger partial charge in [0.25, 0.3) is 5.91 Å². The molecule has 5 heteroatoms. The van der Waals surface area contributed by atoms with Crippen molar-refractivity contribution >= 4 is 18.3 Å². The van der Waals surface area contributed by atoms with Crippen molar-refractivity contribution in [3.63, 3.8) is 0 Å². The highest BCUT2D eigenvalue weighted by Crippen LogP contribution is 2.21. The Morgan fingerprint density at radius 3 is 2.29 bits per heavy atom. The highest BCUT2D eigenvalue weighted by Gasteiger charge is 2.23. The minimum Gasteiger partial charge on any atom is -0.497 e. The van der Waals surface area contributed by atoms with Gasteiger partial charge in [-0.05, 0) is 68.6 Å². The Morgan fingerprint density at radius 1 is 1.07 bits per heavy atom. The lowest BCUT2D eigenvalue weighted by Crippen LogP contribution is -2.40. The molecule has 1 saturated heterocycles. The van der Waals surface area contributed by atoms with Gasteiger partial charge in [-0.2, -0.15) is 0 Å². The van der Waals surface area contributed by atoms with Crippen LogP contribution in [-0.2, 0) is 6.54 Å².